The Morgan fingerprint density at radius 1 is 1.41 bits per heavy atom. The maximum absolute atomic E-state index is 11.0. The standard InChI is InChI=1S/C15H20N4O2S/c1-19(2)8-5-9-21-13-7-4-3-6-12(13)10-16-18-15-17-14(20)11-22-15/h3-4,6-7,10H,5,8-9,11H2,1-2H3,(H,17,18,20). The van der Waals surface area contributed by atoms with Crippen LogP contribution in [-0.2, 0) is 4.79 Å². The molecule has 1 heterocycles. The molecular formula is C15H20N4O2S. The van der Waals surface area contributed by atoms with E-state index >= 15 is 0 Å². The van der Waals surface area contributed by atoms with Crippen molar-refractivity contribution >= 4 is 29.1 Å². The van der Waals surface area contributed by atoms with E-state index in [1.165, 1.54) is 11.8 Å². The van der Waals surface area contributed by atoms with Crippen LogP contribution in [0.3, 0.4) is 0 Å². The highest BCUT2D eigenvalue weighted by atomic mass is 32.2. The lowest BCUT2D eigenvalue weighted by Gasteiger charge is -2.11. The van der Waals surface area contributed by atoms with Crippen LogP contribution in [0, 0.1) is 0 Å². The monoisotopic (exact) mass is 320 g/mol. The van der Waals surface area contributed by atoms with Crippen LogP contribution in [-0.4, -0.2) is 55.2 Å². The van der Waals surface area contributed by atoms with Crippen molar-refractivity contribution in [3.63, 3.8) is 0 Å². The maximum Gasteiger partial charge on any atom is 0.236 e. The summed E-state index contributed by atoms with van der Waals surface area (Å²) in [6.07, 6.45) is 2.60. The zero-order chi connectivity index (χ0) is 15.8. The summed E-state index contributed by atoms with van der Waals surface area (Å²) in [6, 6.07) is 7.69. The number of carbonyl (C=O) groups excluding carboxylic acids is 1. The Labute approximate surface area is 134 Å². The number of para-hydroxylation sites is 1. The average molecular weight is 320 g/mol. The number of thioether (sulfide) groups is 1. The molecule has 0 unspecified atom stereocenters. The van der Waals surface area contributed by atoms with E-state index in [1.54, 1.807) is 6.21 Å². The summed E-state index contributed by atoms with van der Waals surface area (Å²) >= 11 is 1.35. The summed E-state index contributed by atoms with van der Waals surface area (Å²) in [5, 5.41) is 11.2. The Balaban J connectivity index is 1.91. The highest BCUT2D eigenvalue weighted by Crippen LogP contribution is 2.16. The molecule has 0 aliphatic carbocycles. The van der Waals surface area contributed by atoms with Crippen molar-refractivity contribution in [2.45, 2.75) is 6.42 Å². The second-order valence-electron chi connectivity index (χ2n) is 5.03. The van der Waals surface area contributed by atoms with Gasteiger partial charge in [-0.3, -0.25) is 4.79 Å². The fourth-order valence-corrected chi connectivity index (χ4v) is 2.44. The fraction of sp³-hybridized carbons (Fsp3) is 0.400. The van der Waals surface area contributed by atoms with E-state index in [0.29, 0.717) is 17.5 Å². The predicted octanol–water partition coefficient (Wildman–Crippen LogP) is 1.57. The number of nitrogens with one attached hydrogen (secondary N) is 1. The second kappa shape index (κ2) is 8.55. The molecule has 22 heavy (non-hydrogen) atoms. The molecule has 118 valence electrons. The van der Waals surface area contributed by atoms with E-state index in [2.05, 4.69) is 20.4 Å². The Kier molecular flexibility index (Phi) is 6.42. The van der Waals surface area contributed by atoms with Gasteiger partial charge in [0.15, 0.2) is 5.17 Å². The molecule has 1 N–H and O–H groups in total. The van der Waals surface area contributed by atoms with Crippen LogP contribution >= 0.6 is 11.8 Å². The van der Waals surface area contributed by atoms with Crippen molar-refractivity contribution in [1.82, 2.24) is 10.2 Å². The number of rotatable bonds is 7. The lowest BCUT2D eigenvalue weighted by atomic mass is 10.2. The number of amides is 1. The molecule has 1 aliphatic heterocycles. The summed E-state index contributed by atoms with van der Waals surface area (Å²) in [5.41, 5.74) is 0.867. The highest BCUT2D eigenvalue weighted by Gasteiger charge is 2.15. The van der Waals surface area contributed by atoms with Gasteiger partial charge in [-0.15, -0.1) is 5.10 Å². The summed E-state index contributed by atoms with van der Waals surface area (Å²) < 4.78 is 5.79. The summed E-state index contributed by atoms with van der Waals surface area (Å²) in [7, 11) is 4.08. The lowest BCUT2D eigenvalue weighted by molar-refractivity contribution is -0.116. The van der Waals surface area contributed by atoms with Gasteiger partial charge in [0.05, 0.1) is 18.6 Å². The molecule has 1 aliphatic rings. The molecule has 2 rings (SSSR count). The van der Waals surface area contributed by atoms with Gasteiger partial charge in [-0.1, -0.05) is 23.9 Å². The van der Waals surface area contributed by atoms with Crippen LogP contribution < -0.4 is 10.1 Å². The van der Waals surface area contributed by atoms with Crippen molar-refractivity contribution in [3.8, 4) is 5.75 Å². The first-order valence-corrected chi connectivity index (χ1v) is 8.04. The quantitative estimate of drug-likeness (QED) is 0.470. The van der Waals surface area contributed by atoms with Crippen molar-refractivity contribution < 1.29 is 9.53 Å². The summed E-state index contributed by atoms with van der Waals surface area (Å²) in [6.45, 7) is 1.64. The molecule has 0 atom stereocenters. The van der Waals surface area contributed by atoms with Crippen LogP contribution in [0.1, 0.15) is 12.0 Å². The van der Waals surface area contributed by atoms with E-state index in [9.17, 15) is 4.79 Å². The average Bonchev–Trinajstić information content (AvgIpc) is 2.90. The number of carbonyl (C=O) groups is 1. The third kappa shape index (κ3) is 5.50. The van der Waals surface area contributed by atoms with Gasteiger partial charge in [-0.05, 0) is 32.6 Å². The molecule has 1 fully saturated rings. The smallest absolute Gasteiger partial charge is 0.236 e. The number of benzene rings is 1. The maximum atomic E-state index is 11.0. The van der Waals surface area contributed by atoms with E-state index in [0.717, 1.165) is 24.3 Å². The van der Waals surface area contributed by atoms with E-state index < -0.39 is 0 Å². The zero-order valence-electron chi connectivity index (χ0n) is 12.8. The van der Waals surface area contributed by atoms with Gasteiger partial charge >= 0.3 is 0 Å². The van der Waals surface area contributed by atoms with Gasteiger partial charge in [-0.2, -0.15) is 5.10 Å². The summed E-state index contributed by atoms with van der Waals surface area (Å²) in [5.74, 6) is 1.15. The molecule has 1 amide bonds. The lowest BCUT2D eigenvalue weighted by Crippen LogP contribution is -2.19. The third-order valence-corrected chi connectivity index (χ3v) is 3.72. The number of ether oxygens (including phenoxy) is 1. The molecule has 0 aromatic heterocycles. The molecular weight excluding hydrogens is 300 g/mol. The molecule has 0 radical (unpaired) electrons. The van der Waals surface area contributed by atoms with Gasteiger partial charge in [0, 0.05) is 12.1 Å². The van der Waals surface area contributed by atoms with Gasteiger partial charge in [-0.25, -0.2) is 0 Å². The van der Waals surface area contributed by atoms with Crippen LogP contribution in [0.15, 0.2) is 34.5 Å². The second-order valence-corrected chi connectivity index (χ2v) is 5.99. The van der Waals surface area contributed by atoms with Crippen LogP contribution in [0.2, 0.25) is 0 Å². The minimum Gasteiger partial charge on any atom is -0.493 e. The van der Waals surface area contributed by atoms with E-state index in [4.69, 9.17) is 4.74 Å². The Morgan fingerprint density at radius 3 is 2.95 bits per heavy atom. The van der Waals surface area contributed by atoms with E-state index in [1.807, 2.05) is 38.4 Å². The van der Waals surface area contributed by atoms with E-state index in [-0.39, 0.29) is 5.91 Å². The Hall–Kier alpha value is -1.86. The van der Waals surface area contributed by atoms with Crippen LogP contribution in [0.25, 0.3) is 0 Å². The van der Waals surface area contributed by atoms with Crippen molar-refractivity contribution in [2.24, 2.45) is 10.2 Å². The predicted molar refractivity (Wildman–Crippen MR) is 90.7 cm³/mol. The first-order valence-electron chi connectivity index (χ1n) is 7.05. The minimum atomic E-state index is -0.0384. The number of hydrogen-bond donors (Lipinski definition) is 1. The molecule has 0 saturated carbocycles. The zero-order valence-corrected chi connectivity index (χ0v) is 13.6. The molecule has 1 aromatic rings. The molecule has 1 saturated heterocycles. The number of hydrogen-bond acceptors (Lipinski definition) is 6. The third-order valence-electron chi connectivity index (χ3n) is 2.86. The Morgan fingerprint density at radius 2 is 2.23 bits per heavy atom. The van der Waals surface area contributed by atoms with Gasteiger partial charge < -0.3 is 15.0 Å². The van der Waals surface area contributed by atoms with Crippen molar-refractivity contribution in [1.29, 1.82) is 0 Å². The number of amidine groups is 1. The molecule has 0 bridgehead atoms. The minimum absolute atomic E-state index is 0.0384. The molecule has 6 nitrogen and oxygen atoms in total. The topological polar surface area (TPSA) is 66.3 Å². The van der Waals surface area contributed by atoms with Crippen molar-refractivity contribution in [3.05, 3.63) is 29.8 Å². The highest BCUT2D eigenvalue weighted by molar-refractivity contribution is 8.15. The van der Waals surface area contributed by atoms with Gasteiger partial charge in [0.1, 0.15) is 5.75 Å². The Bertz CT molecular complexity index is 572. The number of nitrogens with zero attached hydrogens (tertiary/aromatic N) is 3. The molecule has 1 aromatic carbocycles. The first kappa shape index (κ1) is 16.5. The van der Waals surface area contributed by atoms with Gasteiger partial charge in [0.2, 0.25) is 5.91 Å². The molecule has 7 heteroatoms. The van der Waals surface area contributed by atoms with Crippen LogP contribution in [0.4, 0.5) is 0 Å². The van der Waals surface area contributed by atoms with Crippen LogP contribution in [0.5, 0.6) is 5.75 Å². The molecule has 0 spiro atoms. The largest absolute Gasteiger partial charge is 0.493 e. The van der Waals surface area contributed by atoms with Crippen molar-refractivity contribution in [2.75, 3.05) is 33.0 Å². The van der Waals surface area contributed by atoms with Gasteiger partial charge in [0.25, 0.3) is 0 Å². The summed E-state index contributed by atoms with van der Waals surface area (Å²) in [4.78, 5) is 13.2. The normalized spacial score (nSPS) is 16.7. The fourth-order valence-electron chi connectivity index (χ4n) is 1.80. The first-order chi connectivity index (χ1) is 10.6. The SMILES string of the molecule is CN(C)CCCOc1ccccc1C=NN=C1NC(=O)CS1.